The molecule has 0 bridgehead atoms. The lowest BCUT2D eigenvalue weighted by Crippen LogP contribution is -2.14. The predicted octanol–water partition coefficient (Wildman–Crippen LogP) is 4.19. The molecule has 2 N–H and O–H groups in total. The fourth-order valence-corrected chi connectivity index (χ4v) is 1.78. The molecule has 1 unspecified atom stereocenters. The summed E-state index contributed by atoms with van der Waals surface area (Å²) in [5.41, 5.74) is 0.962. The lowest BCUT2D eigenvalue weighted by molar-refractivity contribution is 0.758. The molecule has 2 rings (SSSR count). The number of nitrogens with one attached hydrogen (secondary N) is 2. The molecule has 19 heavy (non-hydrogen) atoms. The molecule has 0 spiro atoms. The van der Waals surface area contributed by atoms with E-state index in [1.165, 1.54) is 0 Å². The monoisotopic (exact) mass is 320 g/mol. The zero-order valence-corrected chi connectivity index (χ0v) is 12.6. The Balaban J connectivity index is 2.08. The second kappa shape index (κ2) is 6.52. The van der Waals surface area contributed by atoms with Crippen molar-refractivity contribution in [2.75, 3.05) is 10.6 Å². The van der Waals surface area contributed by atoms with Crippen molar-refractivity contribution < 1.29 is 0 Å². The van der Waals surface area contributed by atoms with Crippen LogP contribution in [0.2, 0.25) is 0 Å². The zero-order valence-electron chi connectivity index (χ0n) is 11.0. The number of aromatic nitrogens is 2. The van der Waals surface area contributed by atoms with Gasteiger partial charge in [0.2, 0.25) is 5.95 Å². The van der Waals surface area contributed by atoms with Gasteiger partial charge >= 0.3 is 0 Å². The first-order chi connectivity index (χ1) is 9.17. The molecule has 0 aliphatic carbocycles. The van der Waals surface area contributed by atoms with Crippen molar-refractivity contribution in [2.24, 2.45) is 0 Å². The van der Waals surface area contributed by atoms with E-state index in [2.05, 4.69) is 50.4 Å². The third-order valence-corrected chi connectivity index (χ3v) is 3.29. The Kier molecular flexibility index (Phi) is 4.74. The first-order valence-electron chi connectivity index (χ1n) is 6.29. The molecule has 100 valence electrons. The van der Waals surface area contributed by atoms with Crippen LogP contribution in [-0.4, -0.2) is 16.0 Å². The second-order valence-electron chi connectivity index (χ2n) is 4.35. The van der Waals surface area contributed by atoms with Crippen LogP contribution in [0.25, 0.3) is 0 Å². The van der Waals surface area contributed by atoms with Crippen molar-refractivity contribution in [3.63, 3.8) is 0 Å². The molecule has 1 heterocycles. The van der Waals surface area contributed by atoms with Gasteiger partial charge in [-0.1, -0.05) is 22.9 Å². The van der Waals surface area contributed by atoms with Crippen LogP contribution in [0.4, 0.5) is 17.5 Å². The third kappa shape index (κ3) is 4.21. The summed E-state index contributed by atoms with van der Waals surface area (Å²) in [4.78, 5) is 8.65. The summed E-state index contributed by atoms with van der Waals surface area (Å²) in [7, 11) is 0. The minimum Gasteiger partial charge on any atom is -0.367 e. The summed E-state index contributed by atoms with van der Waals surface area (Å²) in [5.74, 6) is 1.43. The molecule has 0 saturated heterocycles. The van der Waals surface area contributed by atoms with E-state index >= 15 is 0 Å². The topological polar surface area (TPSA) is 49.8 Å². The molecular weight excluding hydrogens is 304 g/mol. The van der Waals surface area contributed by atoms with E-state index in [0.717, 1.165) is 22.4 Å². The largest absolute Gasteiger partial charge is 0.367 e. The fraction of sp³-hybridized carbons (Fsp3) is 0.286. The van der Waals surface area contributed by atoms with Crippen molar-refractivity contribution >= 4 is 33.4 Å². The van der Waals surface area contributed by atoms with Gasteiger partial charge < -0.3 is 10.6 Å². The van der Waals surface area contributed by atoms with E-state index in [4.69, 9.17) is 0 Å². The van der Waals surface area contributed by atoms with E-state index in [-0.39, 0.29) is 0 Å². The normalized spacial score (nSPS) is 11.9. The Labute approximate surface area is 121 Å². The van der Waals surface area contributed by atoms with Crippen LogP contribution < -0.4 is 10.6 Å². The lowest BCUT2D eigenvalue weighted by Gasteiger charge is -2.12. The summed E-state index contributed by atoms with van der Waals surface area (Å²) in [5, 5.41) is 6.51. The summed E-state index contributed by atoms with van der Waals surface area (Å²) in [6, 6.07) is 10.2. The Morgan fingerprint density at radius 1 is 1.21 bits per heavy atom. The molecule has 4 nitrogen and oxygen atoms in total. The number of hydrogen-bond donors (Lipinski definition) is 2. The van der Waals surface area contributed by atoms with Gasteiger partial charge in [-0.15, -0.1) is 0 Å². The Bertz CT molecular complexity index is 527. The van der Waals surface area contributed by atoms with Crippen molar-refractivity contribution in [1.82, 2.24) is 9.97 Å². The molecule has 2 aromatic rings. The second-order valence-corrected chi connectivity index (χ2v) is 5.27. The average Bonchev–Trinajstić information content (AvgIpc) is 2.42. The standard InChI is InChI=1S/C14H17BrN4/c1-3-10(2)17-13-8-9-16-14(19-13)18-12-6-4-11(15)5-7-12/h4-10H,3H2,1-2H3,(H2,16,17,18,19). The molecule has 1 aromatic carbocycles. The van der Waals surface area contributed by atoms with Crippen LogP contribution in [0.1, 0.15) is 20.3 Å². The van der Waals surface area contributed by atoms with Crippen LogP contribution in [0, 0.1) is 0 Å². The van der Waals surface area contributed by atoms with Gasteiger partial charge in [0.1, 0.15) is 5.82 Å². The minimum atomic E-state index is 0.399. The Morgan fingerprint density at radius 2 is 1.95 bits per heavy atom. The maximum absolute atomic E-state index is 4.43. The molecule has 0 saturated carbocycles. The van der Waals surface area contributed by atoms with Gasteiger partial charge in [-0.3, -0.25) is 0 Å². The van der Waals surface area contributed by atoms with Crippen LogP contribution in [0.15, 0.2) is 41.0 Å². The highest BCUT2D eigenvalue weighted by Crippen LogP contribution is 2.17. The van der Waals surface area contributed by atoms with E-state index in [9.17, 15) is 0 Å². The van der Waals surface area contributed by atoms with Gasteiger partial charge in [0.15, 0.2) is 0 Å². The maximum Gasteiger partial charge on any atom is 0.229 e. The average molecular weight is 321 g/mol. The van der Waals surface area contributed by atoms with Crippen LogP contribution in [-0.2, 0) is 0 Å². The molecule has 5 heteroatoms. The number of hydrogen-bond acceptors (Lipinski definition) is 4. The molecule has 0 aliphatic rings. The van der Waals surface area contributed by atoms with Gasteiger partial charge in [0, 0.05) is 22.4 Å². The lowest BCUT2D eigenvalue weighted by atomic mass is 10.2. The van der Waals surface area contributed by atoms with Crippen molar-refractivity contribution in [2.45, 2.75) is 26.3 Å². The van der Waals surface area contributed by atoms with E-state index in [1.54, 1.807) is 6.20 Å². The Hall–Kier alpha value is -1.62. The molecular formula is C14H17BrN4. The van der Waals surface area contributed by atoms with Crippen LogP contribution in [0.3, 0.4) is 0 Å². The van der Waals surface area contributed by atoms with E-state index in [0.29, 0.717) is 12.0 Å². The van der Waals surface area contributed by atoms with Gasteiger partial charge in [0.25, 0.3) is 0 Å². The molecule has 1 aromatic heterocycles. The van der Waals surface area contributed by atoms with Crippen molar-refractivity contribution in [3.8, 4) is 0 Å². The van der Waals surface area contributed by atoms with Crippen molar-refractivity contribution in [3.05, 3.63) is 41.0 Å². The number of nitrogens with zero attached hydrogens (tertiary/aromatic N) is 2. The summed E-state index contributed by atoms with van der Waals surface area (Å²) in [6.07, 6.45) is 2.80. The quantitative estimate of drug-likeness (QED) is 0.867. The maximum atomic E-state index is 4.43. The molecule has 0 fully saturated rings. The highest BCUT2D eigenvalue weighted by molar-refractivity contribution is 9.10. The van der Waals surface area contributed by atoms with Gasteiger partial charge in [-0.05, 0) is 43.7 Å². The highest BCUT2D eigenvalue weighted by atomic mass is 79.9. The number of anilines is 3. The van der Waals surface area contributed by atoms with Gasteiger partial charge in [-0.25, -0.2) is 4.98 Å². The van der Waals surface area contributed by atoms with Crippen LogP contribution >= 0.6 is 15.9 Å². The number of halogens is 1. The third-order valence-electron chi connectivity index (χ3n) is 2.76. The highest BCUT2D eigenvalue weighted by Gasteiger charge is 2.02. The van der Waals surface area contributed by atoms with E-state index < -0.39 is 0 Å². The fourth-order valence-electron chi connectivity index (χ4n) is 1.52. The van der Waals surface area contributed by atoms with E-state index in [1.807, 2.05) is 30.3 Å². The van der Waals surface area contributed by atoms with Gasteiger partial charge in [-0.2, -0.15) is 4.98 Å². The SMILES string of the molecule is CCC(C)Nc1ccnc(Nc2ccc(Br)cc2)n1. The number of benzene rings is 1. The number of rotatable bonds is 5. The molecule has 0 amide bonds. The summed E-state index contributed by atoms with van der Waals surface area (Å²) < 4.78 is 1.05. The van der Waals surface area contributed by atoms with Crippen molar-refractivity contribution in [1.29, 1.82) is 0 Å². The minimum absolute atomic E-state index is 0.399. The van der Waals surface area contributed by atoms with Gasteiger partial charge in [0.05, 0.1) is 0 Å². The summed E-state index contributed by atoms with van der Waals surface area (Å²) >= 11 is 3.41. The van der Waals surface area contributed by atoms with Crippen LogP contribution in [0.5, 0.6) is 0 Å². The smallest absolute Gasteiger partial charge is 0.229 e. The summed E-state index contributed by atoms with van der Waals surface area (Å²) in [6.45, 7) is 4.27. The molecule has 1 atom stereocenters. The first kappa shape index (κ1) is 13.8. The Morgan fingerprint density at radius 3 is 2.63 bits per heavy atom. The zero-order chi connectivity index (χ0) is 13.7. The molecule has 0 radical (unpaired) electrons. The predicted molar refractivity (Wildman–Crippen MR) is 82.8 cm³/mol. The first-order valence-corrected chi connectivity index (χ1v) is 7.09. The molecule has 0 aliphatic heterocycles.